The maximum atomic E-state index is 13.3. The summed E-state index contributed by atoms with van der Waals surface area (Å²) in [6.07, 6.45) is 2.62. The average molecular weight is 399 g/mol. The summed E-state index contributed by atoms with van der Waals surface area (Å²) in [7, 11) is 0. The average Bonchev–Trinajstić information content (AvgIpc) is 2.71. The second kappa shape index (κ2) is 11.3. The zero-order valence-electron chi connectivity index (χ0n) is 17.6. The van der Waals surface area contributed by atoms with Gasteiger partial charge in [0.05, 0.1) is 6.42 Å². The third kappa shape index (κ3) is 7.00. The van der Waals surface area contributed by atoms with Gasteiger partial charge in [0.25, 0.3) is 0 Å². The molecule has 2 aromatic rings. The Hall–Kier alpha value is -2.69. The minimum Gasteiger partial charge on any atom is -0.354 e. The van der Waals surface area contributed by atoms with E-state index in [4.69, 9.17) is 0 Å². The van der Waals surface area contributed by atoms with Crippen LogP contribution in [0.1, 0.15) is 49.8 Å². The number of amides is 2. The molecule has 1 atom stereocenters. The first kappa shape index (κ1) is 22.6. The second-order valence-electron chi connectivity index (χ2n) is 7.38. The molecule has 1 N–H and O–H groups in total. The molecule has 29 heavy (non-hydrogen) atoms. The third-order valence-electron chi connectivity index (χ3n) is 4.96. The summed E-state index contributed by atoms with van der Waals surface area (Å²) < 4.78 is 13.3. The van der Waals surface area contributed by atoms with Crippen LogP contribution in [0.4, 0.5) is 4.39 Å². The molecule has 2 aromatic carbocycles. The summed E-state index contributed by atoms with van der Waals surface area (Å²) in [4.78, 5) is 27.6. The Morgan fingerprint density at radius 1 is 1.00 bits per heavy atom. The van der Waals surface area contributed by atoms with Gasteiger partial charge in [0.1, 0.15) is 11.9 Å². The molecule has 2 rings (SSSR count). The van der Waals surface area contributed by atoms with Gasteiger partial charge in [-0.2, -0.15) is 0 Å². The summed E-state index contributed by atoms with van der Waals surface area (Å²) in [5.41, 5.74) is 2.83. The maximum absolute atomic E-state index is 13.3. The van der Waals surface area contributed by atoms with E-state index in [-0.39, 0.29) is 30.6 Å². The maximum Gasteiger partial charge on any atom is 0.242 e. The van der Waals surface area contributed by atoms with Gasteiger partial charge in [0, 0.05) is 13.1 Å². The number of benzene rings is 2. The van der Waals surface area contributed by atoms with E-state index >= 15 is 0 Å². The van der Waals surface area contributed by atoms with E-state index in [9.17, 15) is 14.0 Å². The quantitative estimate of drug-likeness (QED) is 0.603. The second-order valence-corrected chi connectivity index (χ2v) is 7.38. The molecule has 4 nitrogen and oxygen atoms in total. The highest BCUT2D eigenvalue weighted by atomic mass is 19.1. The van der Waals surface area contributed by atoms with Crippen LogP contribution in [0.2, 0.25) is 0 Å². The zero-order chi connectivity index (χ0) is 21.2. The van der Waals surface area contributed by atoms with Gasteiger partial charge in [-0.1, -0.05) is 62.2 Å². The predicted molar refractivity (Wildman–Crippen MR) is 114 cm³/mol. The highest BCUT2D eigenvalue weighted by Gasteiger charge is 2.28. The van der Waals surface area contributed by atoms with E-state index < -0.39 is 6.04 Å². The Kier molecular flexibility index (Phi) is 8.84. The van der Waals surface area contributed by atoms with Crippen LogP contribution in [-0.4, -0.2) is 29.3 Å². The molecule has 0 aromatic heterocycles. The molecule has 0 spiro atoms. The van der Waals surface area contributed by atoms with Crippen molar-refractivity contribution in [3.63, 3.8) is 0 Å². The zero-order valence-corrected chi connectivity index (χ0v) is 17.6. The van der Waals surface area contributed by atoms with Crippen LogP contribution in [0, 0.1) is 12.7 Å². The van der Waals surface area contributed by atoms with E-state index in [0.717, 1.165) is 29.5 Å². The molecular weight excluding hydrogens is 367 g/mol. The van der Waals surface area contributed by atoms with Crippen molar-refractivity contribution in [2.45, 2.75) is 59.0 Å². The van der Waals surface area contributed by atoms with Crippen molar-refractivity contribution in [2.24, 2.45) is 0 Å². The van der Waals surface area contributed by atoms with Crippen LogP contribution < -0.4 is 5.32 Å². The SMILES string of the molecule is CCCCNC(=O)C(CC)N(Cc1ccc(F)cc1)C(=O)Cc1ccc(C)cc1. The smallest absolute Gasteiger partial charge is 0.242 e. The van der Waals surface area contributed by atoms with Gasteiger partial charge in [0.2, 0.25) is 11.8 Å². The molecule has 0 saturated heterocycles. The largest absolute Gasteiger partial charge is 0.354 e. The summed E-state index contributed by atoms with van der Waals surface area (Å²) in [6, 6.07) is 13.3. The number of rotatable bonds is 10. The minimum absolute atomic E-state index is 0.115. The number of nitrogens with one attached hydrogen (secondary N) is 1. The van der Waals surface area contributed by atoms with Crippen LogP contribution in [-0.2, 0) is 22.6 Å². The van der Waals surface area contributed by atoms with Crippen molar-refractivity contribution >= 4 is 11.8 Å². The fraction of sp³-hybridized carbons (Fsp3) is 0.417. The van der Waals surface area contributed by atoms with Gasteiger partial charge >= 0.3 is 0 Å². The normalized spacial score (nSPS) is 11.7. The number of unbranched alkanes of at least 4 members (excludes halogenated alkanes) is 1. The minimum atomic E-state index is -0.560. The van der Waals surface area contributed by atoms with E-state index in [2.05, 4.69) is 12.2 Å². The summed E-state index contributed by atoms with van der Waals surface area (Å²) >= 11 is 0. The van der Waals surface area contributed by atoms with E-state index in [1.807, 2.05) is 38.1 Å². The standard InChI is InChI=1S/C24H31FN2O2/c1-4-6-15-26-24(29)22(5-2)27(17-20-11-13-21(25)14-12-20)23(28)16-19-9-7-18(3)8-10-19/h7-14,22H,4-6,15-17H2,1-3H3,(H,26,29). The van der Waals surface area contributed by atoms with Gasteiger partial charge in [0.15, 0.2) is 0 Å². The summed E-state index contributed by atoms with van der Waals surface area (Å²) in [5.74, 6) is -0.577. The van der Waals surface area contributed by atoms with Crippen LogP contribution in [0.15, 0.2) is 48.5 Å². The molecule has 0 bridgehead atoms. The number of hydrogen-bond donors (Lipinski definition) is 1. The van der Waals surface area contributed by atoms with Gasteiger partial charge in [-0.15, -0.1) is 0 Å². The van der Waals surface area contributed by atoms with Gasteiger partial charge in [-0.05, 0) is 43.0 Å². The number of halogens is 1. The van der Waals surface area contributed by atoms with Gasteiger partial charge in [-0.25, -0.2) is 4.39 Å². The Labute approximate surface area is 173 Å². The molecule has 0 heterocycles. The Morgan fingerprint density at radius 3 is 2.21 bits per heavy atom. The van der Waals surface area contributed by atoms with Gasteiger partial charge < -0.3 is 10.2 Å². The number of nitrogens with zero attached hydrogens (tertiary/aromatic N) is 1. The first-order valence-corrected chi connectivity index (χ1v) is 10.3. The molecule has 1 unspecified atom stereocenters. The topological polar surface area (TPSA) is 49.4 Å². The highest BCUT2D eigenvalue weighted by molar-refractivity contribution is 5.88. The van der Waals surface area contributed by atoms with Crippen molar-refractivity contribution in [1.82, 2.24) is 10.2 Å². The Morgan fingerprint density at radius 2 is 1.62 bits per heavy atom. The molecule has 0 aliphatic heterocycles. The molecule has 5 heteroatoms. The third-order valence-corrected chi connectivity index (χ3v) is 4.96. The van der Waals surface area contributed by atoms with Crippen LogP contribution >= 0.6 is 0 Å². The first-order valence-electron chi connectivity index (χ1n) is 10.3. The lowest BCUT2D eigenvalue weighted by Gasteiger charge is -2.31. The fourth-order valence-corrected chi connectivity index (χ4v) is 3.19. The summed E-state index contributed by atoms with van der Waals surface area (Å²) in [5, 5.41) is 2.94. The molecule has 0 radical (unpaired) electrons. The monoisotopic (exact) mass is 398 g/mol. The van der Waals surface area contributed by atoms with Crippen LogP contribution in [0.3, 0.4) is 0 Å². The van der Waals surface area contributed by atoms with Crippen molar-refractivity contribution in [3.05, 3.63) is 71.0 Å². The van der Waals surface area contributed by atoms with E-state index in [1.54, 1.807) is 17.0 Å². The highest BCUT2D eigenvalue weighted by Crippen LogP contribution is 2.15. The molecule has 156 valence electrons. The summed E-state index contributed by atoms with van der Waals surface area (Å²) in [6.45, 7) is 6.84. The van der Waals surface area contributed by atoms with E-state index in [0.29, 0.717) is 13.0 Å². The Balaban J connectivity index is 2.22. The van der Waals surface area contributed by atoms with Crippen molar-refractivity contribution in [2.75, 3.05) is 6.54 Å². The molecule has 0 aliphatic rings. The number of carbonyl (C=O) groups is 2. The lowest BCUT2D eigenvalue weighted by atomic mass is 10.1. The fourth-order valence-electron chi connectivity index (χ4n) is 3.19. The van der Waals surface area contributed by atoms with Crippen LogP contribution in [0.5, 0.6) is 0 Å². The van der Waals surface area contributed by atoms with Crippen molar-refractivity contribution in [3.8, 4) is 0 Å². The molecule has 0 fully saturated rings. The van der Waals surface area contributed by atoms with Crippen LogP contribution in [0.25, 0.3) is 0 Å². The molecule has 0 aliphatic carbocycles. The number of hydrogen-bond acceptors (Lipinski definition) is 2. The van der Waals surface area contributed by atoms with Gasteiger partial charge in [-0.3, -0.25) is 9.59 Å². The molecule has 0 saturated carbocycles. The number of carbonyl (C=O) groups excluding carboxylic acids is 2. The predicted octanol–water partition coefficient (Wildman–Crippen LogP) is 4.40. The van der Waals surface area contributed by atoms with Crippen molar-refractivity contribution in [1.29, 1.82) is 0 Å². The van der Waals surface area contributed by atoms with Crippen molar-refractivity contribution < 1.29 is 14.0 Å². The lowest BCUT2D eigenvalue weighted by Crippen LogP contribution is -2.49. The lowest BCUT2D eigenvalue weighted by molar-refractivity contribution is -0.140. The molecular formula is C24H31FN2O2. The van der Waals surface area contributed by atoms with E-state index in [1.165, 1.54) is 12.1 Å². The molecule has 2 amide bonds. The first-order chi connectivity index (χ1) is 13.9. The number of aryl methyl sites for hydroxylation is 1. The Bertz CT molecular complexity index is 788.